The van der Waals surface area contributed by atoms with Crippen molar-refractivity contribution < 1.29 is 14.7 Å². The molecule has 1 saturated heterocycles. The summed E-state index contributed by atoms with van der Waals surface area (Å²) in [6, 6.07) is 7.49. The first kappa shape index (κ1) is 19.8. The number of rotatable bonds is 7. The van der Waals surface area contributed by atoms with Crippen molar-refractivity contribution in [2.24, 2.45) is 5.92 Å². The average Bonchev–Trinajstić information content (AvgIpc) is 3.04. The van der Waals surface area contributed by atoms with E-state index >= 15 is 0 Å². The van der Waals surface area contributed by atoms with Gasteiger partial charge in [0.15, 0.2) is 0 Å². The van der Waals surface area contributed by atoms with Crippen molar-refractivity contribution in [3.05, 3.63) is 35.4 Å². The summed E-state index contributed by atoms with van der Waals surface area (Å²) >= 11 is 1.71. The van der Waals surface area contributed by atoms with Crippen LogP contribution >= 0.6 is 11.8 Å². The lowest BCUT2D eigenvalue weighted by atomic mass is 9.96. The Morgan fingerprint density at radius 3 is 2.44 bits per heavy atom. The molecule has 1 aliphatic heterocycles. The molecule has 0 radical (unpaired) electrons. The number of hydrogen-bond acceptors (Lipinski definition) is 4. The summed E-state index contributed by atoms with van der Waals surface area (Å²) in [5, 5.41) is 14.9. The van der Waals surface area contributed by atoms with Gasteiger partial charge in [0.25, 0.3) is 0 Å². The Morgan fingerprint density at radius 1 is 1.24 bits per heavy atom. The van der Waals surface area contributed by atoms with Crippen molar-refractivity contribution in [2.75, 3.05) is 5.75 Å². The molecule has 1 aliphatic rings. The average molecular weight is 365 g/mol. The van der Waals surface area contributed by atoms with Crippen LogP contribution in [0.1, 0.15) is 44.7 Å². The first-order valence-electron chi connectivity index (χ1n) is 8.77. The van der Waals surface area contributed by atoms with E-state index in [1.54, 1.807) is 11.8 Å². The maximum Gasteiger partial charge on any atom is 0.325 e. The maximum absolute atomic E-state index is 12.2. The number of benzene rings is 1. The Kier molecular flexibility index (Phi) is 6.90. The molecule has 0 spiro atoms. The minimum atomic E-state index is -1.02. The largest absolute Gasteiger partial charge is 0.480 e. The van der Waals surface area contributed by atoms with E-state index in [4.69, 9.17) is 5.11 Å². The van der Waals surface area contributed by atoms with E-state index < -0.39 is 12.0 Å². The molecule has 0 aromatic heterocycles. The van der Waals surface area contributed by atoms with Crippen molar-refractivity contribution >= 4 is 23.6 Å². The van der Waals surface area contributed by atoms with Gasteiger partial charge in [-0.3, -0.25) is 14.9 Å². The van der Waals surface area contributed by atoms with Gasteiger partial charge in [-0.1, -0.05) is 45.0 Å². The summed E-state index contributed by atoms with van der Waals surface area (Å²) in [5.74, 6) is 0.295. The van der Waals surface area contributed by atoms with Crippen molar-refractivity contribution in [1.29, 1.82) is 0 Å². The van der Waals surface area contributed by atoms with E-state index in [0.717, 1.165) is 6.42 Å². The molecule has 1 aromatic carbocycles. The Morgan fingerprint density at radius 2 is 1.88 bits per heavy atom. The highest BCUT2D eigenvalue weighted by molar-refractivity contribution is 8.00. The molecule has 138 valence electrons. The lowest BCUT2D eigenvalue weighted by Gasteiger charge is -2.21. The fourth-order valence-electron chi connectivity index (χ4n) is 2.91. The molecule has 1 heterocycles. The highest BCUT2D eigenvalue weighted by Crippen LogP contribution is 2.32. The first-order valence-corrected chi connectivity index (χ1v) is 9.82. The summed E-state index contributed by atoms with van der Waals surface area (Å²) in [4.78, 5) is 23.0. The summed E-state index contributed by atoms with van der Waals surface area (Å²) in [6.45, 7) is 8.06. The van der Waals surface area contributed by atoms with Gasteiger partial charge >= 0.3 is 5.97 Å². The number of carboxylic acids is 1. The van der Waals surface area contributed by atoms with Crippen LogP contribution in [0, 0.1) is 5.92 Å². The van der Waals surface area contributed by atoms with Gasteiger partial charge in [-0.25, -0.2) is 0 Å². The smallest absolute Gasteiger partial charge is 0.325 e. The van der Waals surface area contributed by atoms with Gasteiger partial charge < -0.3 is 10.4 Å². The van der Waals surface area contributed by atoms with Crippen LogP contribution < -0.4 is 10.6 Å². The highest BCUT2D eigenvalue weighted by Gasteiger charge is 2.34. The molecule has 1 amide bonds. The van der Waals surface area contributed by atoms with E-state index in [1.165, 1.54) is 18.1 Å². The molecule has 0 aliphatic carbocycles. The molecule has 0 saturated carbocycles. The molecule has 4 atom stereocenters. The number of carboxylic acid groups (broad SMARTS) is 1. The van der Waals surface area contributed by atoms with Crippen LogP contribution in [0.5, 0.6) is 0 Å². The number of carbonyl (C=O) groups is 2. The van der Waals surface area contributed by atoms with E-state index in [9.17, 15) is 9.59 Å². The Hall–Kier alpha value is -1.53. The summed E-state index contributed by atoms with van der Waals surface area (Å²) in [6.07, 6.45) is 1.08. The van der Waals surface area contributed by atoms with Crippen LogP contribution in [0.2, 0.25) is 0 Å². The van der Waals surface area contributed by atoms with Gasteiger partial charge in [0.2, 0.25) is 5.91 Å². The molecule has 2 rings (SSSR count). The molecule has 1 fully saturated rings. The SMILES string of the molecule is CC(C)Cc1ccc([C@@H](C)C2N[C@H](C(=O)N[C@@H](C)C(=O)O)CS2)cc1. The zero-order valence-electron chi connectivity index (χ0n) is 15.3. The van der Waals surface area contributed by atoms with Gasteiger partial charge in [0, 0.05) is 11.7 Å². The van der Waals surface area contributed by atoms with E-state index in [0.29, 0.717) is 11.7 Å². The third kappa shape index (κ3) is 5.47. The second kappa shape index (κ2) is 8.72. The highest BCUT2D eigenvalue weighted by atomic mass is 32.2. The summed E-state index contributed by atoms with van der Waals surface area (Å²) in [5.41, 5.74) is 2.59. The van der Waals surface area contributed by atoms with Crippen LogP contribution in [-0.2, 0) is 16.0 Å². The number of aliphatic carboxylic acids is 1. The zero-order chi connectivity index (χ0) is 18.6. The van der Waals surface area contributed by atoms with Crippen LogP contribution in [0.15, 0.2) is 24.3 Å². The van der Waals surface area contributed by atoms with Crippen molar-refractivity contribution in [2.45, 2.75) is 57.5 Å². The van der Waals surface area contributed by atoms with E-state index in [-0.39, 0.29) is 23.2 Å². The van der Waals surface area contributed by atoms with Gasteiger partial charge in [0.05, 0.1) is 11.4 Å². The molecule has 1 unspecified atom stereocenters. The molecular formula is C19H28N2O3S. The molecule has 0 bridgehead atoms. The lowest BCUT2D eigenvalue weighted by molar-refractivity contribution is -0.141. The maximum atomic E-state index is 12.2. The quantitative estimate of drug-likeness (QED) is 0.693. The summed E-state index contributed by atoms with van der Waals surface area (Å²) < 4.78 is 0. The normalized spacial score (nSPS) is 22.6. The van der Waals surface area contributed by atoms with Crippen LogP contribution in [0.4, 0.5) is 0 Å². The molecule has 6 heteroatoms. The predicted octanol–water partition coefficient (Wildman–Crippen LogP) is 2.61. The molecule has 5 nitrogen and oxygen atoms in total. The predicted molar refractivity (Wildman–Crippen MR) is 102 cm³/mol. The number of amides is 1. The Balaban J connectivity index is 1.92. The standard InChI is InChI=1S/C19H28N2O3S/c1-11(2)9-14-5-7-15(8-6-14)12(3)18-21-16(10-25-18)17(22)20-13(4)19(23)24/h5-8,11-13,16,18,21H,9-10H2,1-4H3,(H,20,22)(H,23,24)/t12-,13+,16+,18?/m1/s1. The molecule has 25 heavy (non-hydrogen) atoms. The lowest BCUT2D eigenvalue weighted by Crippen LogP contribution is -2.49. The fourth-order valence-corrected chi connectivity index (χ4v) is 4.27. The monoisotopic (exact) mass is 364 g/mol. The second-order valence-electron chi connectivity index (χ2n) is 7.17. The van der Waals surface area contributed by atoms with E-state index in [2.05, 4.69) is 55.7 Å². The number of thioether (sulfide) groups is 1. The first-order chi connectivity index (χ1) is 11.8. The van der Waals surface area contributed by atoms with E-state index in [1.807, 2.05) is 0 Å². The fraction of sp³-hybridized carbons (Fsp3) is 0.579. The van der Waals surface area contributed by atoms with Gasteiger partial charge in [-0.2, -0.15) is 0 Å². The molecule has 3 N–H and O–H groups in total. The number of carbonyl (C=O) groups excluding carboxylic acids is 1. The number of nitrogens with one attached hydrogen (secondary N) is 2. The molecule has 1 aromatic rings. The second-order valence-corrected chi connectivity index (χ2v) is 8.34. The van der Waals surface area contributed by atoms with Crippen molar-refractivity contribution in [3.63, 3.8) is 0 Å². The Labute approximate surface area is 154 Å². The third-order valence-electron chi connectivity index (χ3n) is 4.46. The van der Waals surface area contributed by atoms with Crippen molar-refractivity contribution in [3.8, 4) is 0 Å². The van der Waals surface area contributed by atoms with Gasteiger partial charge in [-0.15, -0.1) is 11.8 Å². The van der Waals surface area contributed by atoms with Crippen LogP contribution in [-0.4, -0.2) is 40.2 Å². The van der Waals surface area contributed by atoms with Crippen LogP contribution in [0.3, 0.4) is 0 Å². The van der Waals surface area contributed by atoms with Crippen molar-refractivity contribution in [1.82, 2.24) is 10.6 Å². The molecular weight excluding hydrogens is 336 g/mol. The van der Waals surface area contributed by atoms with Crippen LogP contribution in [0.25, 0.3) is 0 Å². The number of hydrogen-bond donors (Lipinski definition) is 3. The summed E-state index contributed by atoms with van der Waals surface area (Å²) in [7, 11) is 0. The minimum Gasteiger partial charge on any atom is -0.480 e. The van der Waals surface area contributed by atoms with Gasteiger partial charge in [0.1, 0.15) is 6.04 Å². The Bertz CT molecular complexity index is 603. The minimum absolute atomic E-state index is 0.145. The topological polar surface area (TPSA) is 78.4 Å². The third-order valence-corrected chi connectivity index (χ3v) is 5.89. The zero-order valence-corrected chi connectivity index (χ0v) is 16.1. The van der Waals surface area contributed by atoms with Gasteiger partial charge in [-0.05, 0) is 30.4 Å².